The number of allylic oxidation sites excluding steroid dienone is 4. The topological polar surface area (TPSA) is 0 Å². The quantitative estimate of drug-likeness (QED) is 0.554. The second-order valence-corrected chi connectivity index (χ2v) is 8.25. The number of hydrogen-bond donors (Lipinski definition) is 0. The van der Waals surface area contributed by atoms with Crippen LogP contribution in [-0.2, 0) is 0 Å². The van der Waals surface area contributed by atoms with Crippen molar-refractivity contribution in [3.8, 4) is 0 Å². The van der Waals surface area contributed by atoms with Gasteiger partial charge in [-0.05, 0) is 72.6 Å². The van der Waals surface area contributed by atoms with E-state index in [1.807, 2.05) is 0 Å². The van der Waals surface area contributed by atoms with Crippen molar-refractivity contribution in [1.82, 2.24) is 0 Å². The molecule has 2 aliphatic rings. The van der Waals surface area contributed by atoms with Crippen LogP contribution in [0.15, 0.2) is 36.4 Å². The Labute approximate surface area is 149 Å². The molecule has 0 aliphatic heterocycles. The van der Waals surface area contributed by atoms with Gasteiger partial charge in [-0.3, -0.25) is 0 Å². The molecule has 1 aromatic carbocycles. The Morgan fingerprint density at radius 2 is 1.67 bits per heavy atom. The average molecular weight is 323 g/mol. The molecule has 0 nitrogen and oxygen atoms in total. The monoisotopic (exact) mass is 322 g/mol. The summed E-state index contributed by atoms with van der Waals surface area (Å²) in [5.41, 5.74) is 5.69. The predicted molar refractivity (Wildman–Crippen MR) is 106 cm³/mol. The zero-order chi connectivity index (χ0) is 17.1. The summed E-state index contributed by atoms with van der Waals surface area (Å²) in [7, 11) is 0. The van der Waals surface area contributed by atoms with Gasteiger partial charge in [0, 0.05) is 0 Å². The molecule has 0 N–H and O–H groups in total. The van der Waals surface area contributed by atoms with Crippen molar-refractivity contribution in [3.05, 3.63) is 53.1 Å². The molecule has 1 fully saturated rings. The van der Waals surface area contributed by atoms with E-state index in [9.17, 15) is 0 Å². The number of benzene rings is 1. The Morgan fingerprint density at radius 3 is 2.25 bits per heavy atom. The molecule has 1 saturated carbocycles. The average Bonchev–Trinajstić information content (AvgIpc) is 2.56. The Kier molecular flexibility index (Phi) is 5.64. The van der Waals surface area contributed by atoms with Gasteiger partial charge < -0.3 is 0 Å². The molecule has 0 amide bonds. The molecular formula is C24H34. The van der Waals surface area contributed by atoms with Gasteiger partial charge in [-0.25, -0.2) is 0 Å². The molecule has 0 aromatic heterocycles. The molecule has 130 valence electrons. The minimum Gasteiger partial charge on any atom is -0.0800 e. The molecular weight excluding hydrogens is 288 g/mol. The molecule has 0 heteroatoms. The third-order valence-corrected chi connectivity index (χ3v) is 6.45. The molecule has 2 unspecified atom stereocenters. The summed E-state index contributed by atoms with van der Waals surface area (Å²) in [5.74, 6) is 3.33. The fourth-order valence-electron chi connectivity index (χ4n) is 5.13. The first kappa shape index (κ1) is 17.5. The molecule has 1 aromatic rings. The van der Waals surface area contributed by atoms with E-state index in [0.29, 0.717) is 5.92 Å². The largest absolute Gasteiger partial charge is 0.0800 e. The van der Waals surface area contributed by atoms with Crippen molar-refractivity contribution in [2.45, 2.75) is 66.2 Å². The normalized spacial score (nSPS) is 30.2. The van der Waals surface area contributed by atoms with Crippen molar-refractivity contribution in [2.24, 2.45) is 23.7 Å². The van der Waals surface area contributed by atoms with Gasteiger partial charge >= 0.3 is 0 Å². The van der Waals surface area contributed by atoms with E-state index in [-0.39, 0.29) is 0 Å². The lowest BCUT2D eigenvalue weighted by Gasteiger charge is -2.36. The molecule has 2 aliphatic carbocycles. The third-order valence-electron chi connectivity index (χ3n) is 6.45. The summed E-state index contributed by atoms with van der Waals surface area (Å²) in [6.07, 6.45) is 16.1. The smallest absolute Gasteiger partial charge is 0.0129 e. The molecule has 3 rings (SSSR count). The lowest BCUT2D eigenvalue weighted by atomic mass is 9.69. The summed E-state index contributed by atoms with van der Waals surface area (Å²) >= 11 is 0. The summed E-state index contributed by atoms with van der Waals surface area (Å²) in [6.45, 7) is 9.24. The summed E-state index contributed by atoms with van der Waals surface area (Å²) in [6, 6.07) is 6.65. The van der Waals surface area contributed by atoms with Gasteiger partial charge in [0.1, 0.15) is 0 Å². The number of rotatable bonds is 4. The Balaban J connectivity index is 1.70. The Hall–Kier alpha value is -1.30. The molecule has 0 saturated heterocycles. The van der Waals surface area contributed by atoms with Gasteiger partial charge in [-0.1, -0.05) is 76.0 Å². The van der Waals surface area contributed by atoms with Crippen LogP contribution in [0, 0.1) is 37.5 Å². The maximum absolute atomic E-state index is 2.54. The van der Waals surface area contributed by atoms with E-state index in [1.165, 1.54) is 60.8 Å². The highest BCUT2D eigenvalue weighted by molar-refractivity contribution is 5.79. The van der Waals surface area contributed by atoms with Gasteiger partial charge in [0.15, 0.2) is 0 Å². The lowest BCUT2D eigenvalue weighted by molar-refractivity contribution is 0.200. The van der Waals surface area contributed by atoms with Crippen LogP contribution in [0.4, 0.5) is 0 Å². The minimum atomic E-state index is 0.664. The molecule has 0 bridgehead atoms. The van der Waals surface area contributed by atoms with Gasteiger partial charge in [0.2, 0.25) is 0 Å². The van der Waals surface area contributed by atoms with Crippen LogP contribution in [-0.4, -0.2) is 0 Å². The summed E-state index contributed by atoms with van der Waals surface area (Å²) < 4.78 is 0. The number of hydrogen-bond acceptors (Lipinski definition) is 0. The third kappa shape index (κ3) is 3.68. The zero-order valence-corrected chi connectivity index (χ0v) is 16.0. The van der Waals surface area contributed by atoms with Gasteiger partial charge in [-0.15, -0.1) is 0 Å². The van der Waals surface area contributed by atoms with E-state index < -0.39 is 0 Å². The Bertz CT molecular complexity index is 591. The van der Waals surface area contributed by atoms with Gasteiger partial charge in [0.05, 0.1) is 0 Å². The van der Waals surface area contributed by atoms with Crippen LogP contribution in [0.3, 0.4) is 0 Å². The first-order valence-electron chi connectivity index (χ1n) is 10.1. The number of aryl methyl sites for hydroxylation is 2. The molecule has 2 atom stereocenters. The molecule has 0 spiro atoms. The fourth-order valence-corrected chi connectivity index (χ4v) is 5.13. The SMILES string of the molecule is CCCC1CCC(C2C=CC(c3c(C)cccc3C)=CC2C)CC1. The van der Waals surface area contributed by atoms with Crippen LogP contribution < -0.4 is 0 Å². The lowest BCUT2D eigenvalue weighted by Crippen LogP contribution is -2.25. The second kappa shape index (κ2) is 7.72. The van der Waals surface area contributed by atoms with Gasteiger partial charge in [-0.2, -0.15) is 0 Å². The van der Waals surface area contributed by atoms with Crippen LogP contribution in [0.1, 0.15) is 69.1 Å². The summed E-state index contributed by atoms with van der Waals surface area (Å²) in [5, 5.41) is 0. The van der Waals surface area contributed by atoms with E-state index in [2.05, 4.69) is 64.1 Å². The van der Waals surface area contributed by atoms with E-state index in [0.717, 1.165) is 17.8 Å². The van der Waals surface area contributed by atoms with Crippen LogP contribution >= 0.6 is 0 Å². The highest BCUT2D eigenvalue weighted by atomic mass is 14.3. The second-order valence-electron chi connectivity index (χ2n) is 8.25. The van der Waals surface area contributed by atoms with Crippen LogP contribution in [0.2, 0.25) is 0 Å². The molecule has 0 radical (unpaired) electrons. The first-order valence-corrected chi connectivity index (χ1v) is 10.1. The maximum Gasteiger partial charge on any atom is -0.0129 e. The molecule has 24 heavy (non-hydrogen) atoms. The van der Waals surface area contributed by atoms with Crippen molar-refractivity contribution >= 4 is 5.57 Å². The maximum atomic E-state index is 2.54. The summed E-state index contributed by atoms with van der Waals surface area (Å²) in [4.78, 5) is 0. The Morgan fingerprint density at radius 1 is 1.00 bits per heavy atom. The zero-order valence-electron chi connectivity index (χ0n) is 16.0. The minimum absolute atomic E-state index is 0.664. The highest BCUT2D eigenvalue weighted by Crippen LogP contribution is 2.42. The molecule has 0 heterocycles. The standard InChI is InChI=1S/C24H34/c1-5-7-20-10-12-21(13-11-20)23-15-14-22(16-19(23)4)24-17(2)8-6-9-18(24)3/h6,8-9,14-16,19-21,23H,5,7,10-13H2,1-4H3. The first-order chi connectivity index (χ1) is 11.6. The van der Waals surface area contributed by atoms with Crippen LogP contribution in [0.25, 0.3) is 5.57 Å². The van der Waals surface area contributed by atoms with Crippen molar-refractivity contribution in [2.75, 3.05) is 0 Å². The van der Waals surface area contributed by atoms with E-state index in [4.69, 9.17) is 0 Å². The van der Waals surface area contributed by atoms with Crippen molar-refractivity contribution in [1.29, 1.82) is 0 Å². The van der Waals surface area contributed by atoms with Crippen molar-refractivity contribution in [3.63, 3.8) is 0 Å². The predicted octanol–water partition coefficient (Wildman–Crippen LogP) is 7.12. The van der Waals surface area contributed by atoms with Crippen molar-refractivity contribution < 1.29 is 0 Å². The highest BCUT2D eigenvalue weighted by Gasteiger charge is 2.30. The fraction of sp³-hybridized carbons (Fsp3) is 0.583. The van der Waals surface area contributed by atoms with E-state index in [1.54, 1.807) is 0 Å². The van der Waals surface area contributed by atoms with Crippen LogP contribution in [0.5, 0.6) is 0 Å². The van der Waals surface area contributed by atoms with Gasteiger partial charge in [0.25, 0.3) is 0 Å². The van der Waals surface area contributed by atoms with E-state index >= 15 is 0 Å².